The van der Waals surface area contributed by atoms with Crippen LogP contribution >= 0.6 is 0 Å². The van der Waals surface area contributed by atoms with Crippen LogP contribution in [-0.2, 0) is 22.4 Å². The van der Waals surface area contributed by atoms with E-state index in [2.05, 4.69) is 10.6 Å². The molecule has 0 saturated carbocycles. The smallest absolute Gasteiger partial charge is 0.258 e. The molecule has 1 aromatic carbocycles. The number of hydrogen-bond donors (Lipinski definition) is 2. The molecule has 4 rings (SSSR count). The van der Waals surface area contributed by atoms with Crippen LogP contribution in [0.25, 0.3) is 11.0 Å². The lowest BCUT2D eigenvalue weighted by atomic mass is 9.96. The number of rotatable bonds is 4. The van der Waals surface area contributed by atoms with Gasteiger partial charge in [-0.3, -0.25) is 9.59 Å². The van der Waals surface area contributed by atoms with Gasteiger partial charge in [0.15, 0.2) is 6.61 Å². The highest BCUT2D eigenvalue weighted by Gasteiger charge is 2.23. The second kappa shape index (κ2) is 6.78. The molecule has 0 radical (unpaired) electrons. The van der Waals surface area contributed by atoms with E-state index in [4.69, 9.17) is 9.15 Å². The molecule has 1 saturated heterocycles. The Labute approximate surface area is 145 Å². The van der Waals surface area contributed by atoms with Crippen LogP contribution in [0, 0.1) is 0 Å². The molecule has 1 aliphatic carbocycles. The van der Waals surface area contributed by atoms with Gasteiger partial charge in [-0.15, -0.1) is 0 Å². The quantitative estimate of drug-likeness (QED) is 0.891. The Balaban J connectivity index is 1.40. The van der Waals surface area contributed by atoms with Gasteiger partial charge in [0.1, 0.15) is 23.1 Å². The maximum absolute atomic E-state index is 12.0. The van der Waals surface area contributed by atoms with Crippen molar-refractivity contribution in [3.8, 4) is 5.75 Å². The number of amides is 2. The third-order valence-corrected chi connectivity index (χ3v) is 4.92. The summed E-state index contributed by atoms with van der Waals surface area (Å²) in [5.41, 5.74) is 2.15. The number of fused-ring (bicyclic) bond motifs is 3. The molecule has 0 bridgehead atoms. The molecule has 1 aromatic heterocycles. The largest absolute Gasteiger partial charge is 0.484 e. The highest BCUT2D eigenvalue weighted by molar-refractivity contribution is 5.88. The van der Waals surface area contributed by atoms with Crippen molar-refractivity contribution in [1.29, 1.82) is 0 Å². The molecule has 6 heteroatoms. The Morgan fingerprint density at radius 2 is 2.16 bits per heavy atom. The van der Waals surface area contributed by atoms with E-state index < -0.39 is 6.04 Å². The van der Waals surface area contributed by atoms with Gasteiger partial charge in [0.2, 0.25) is 5.91 Å². The molecular weight excluding hydrogens is 320 g/mol. The van der Waals surface area contributed by atoms with Gasteiger partial charge in [-0.25, -0.2) is 0 Å². The fraction of sp³-hybridized carbons (Fsp3) is 0.474. The van der Waals surface area contributed by atoms with Gasteiger partial charge in [0.05, 0.1) is 0 Å². The molecule has 1 fully saturated rings. The minimum Gasteiger partial charge on any atom is -0.484 e. The molecule has 25 heavy (non-hydrogen) atoms. The number of furan rings is 1. The second-order valence-corrected chi connectivity index (χ2v) is 6.71. The van der Waals surface area contributed by atoms with Gasteiger partial charge in [-0.1, -0.05) is 0 Å². The van der Waals surface area contributed by atoms with Crippen LogP contribution in [-0.4, -0.2) is 31.0 Å². The summed E-state index contributed by atoms with van der Waals surface area (Å²) < 4.78 is 11.5. The summed E-state index contributed by atoms with van der Waals surface area (Å²) in [6.07, 6.45) is 5.92. The third kappa shape index (κ3) is 3.34. The van der Waals surface area contributed by atoms with Crippen LogP contribution in [0.2, 0.25) is 0 Å². The summed E-state index contributed by atoms with van der Waals surface area (Å²) in [6.45, 7) is 0.575. The Kier molecular flexibility index (Phi) is 4.34. The summed E-state index contributed by atoms with van der Waals surface area (Å²) in [6, 6.07) is 5.21. The van der Waals surface area contributed by atoms with Crippen LogP contribution < -0.4 is 15.4 Å². The van der Waals surface area contributed by atoms with Gasteiger partial charge in [0.25, 0.3) is 5.91 Å². The Bertz CT molecular complexity index is 811. The first kappa shape index (κ1) is 16.0. The lowest BCUT2D eigenvalue weighted by Gasteiger charge is -2.22. The van der Waals surface area contributed by atoms with E-state index in [0.717, 1.165) is 36.0 Å². The maximum atomic E-state index is 12.0. The molecule has 2 aromatic rings. The highest BCUT2D eigenvalue weighted by atomic mass is 16.5. The molecule has 0 spiro atoms. The second-order valence-electron chi connectivity index (χ2n) is 6.71. The number of hydrogen-bond acceptors (Lipinski definition) is 4. The molecule has 0 unspecified atom stereocenters. The van der Waals surface area contributed by atoms with Crippen LogP contribution in [0.4, 0.5) is 0 Å². The number of aryl methyl sites for hydroxylation is 2. The van der Waals surface area contributed by atoms with Crippen LogP contribution in [0.15, 0.2) is 22.6 Å². The average Bonchev–Trinajstić information content (AvgIpc) is 3.00. The van der Waals surface area contributed by atoms with E-state index in [1.165, 1.54) is 18.4 Å². The van der Waals surface area contributed by atoms with Crippen molar-refractivity contribution in [3.05, 3.63) is 29.5 Å². The van der Waals surface area contributed by atoms with Crippen molar-refractivity contribution in [3.63, 3.8) is 0 Å². The van der Waals surface area contributed by atoms with E-state index in [1.807, 2.05) is 18.2 Å². The predicted molar refractivity (Wildman–Crippen MR) is 92.5 cm³/mol. The summed E-state index contributed by atoms with van der Waals surface area (Å²) >= 11 is 0. The lowest BCUT2D eigenvalue weighted by Crippen LogP contribution is -2.51. The lowest BCUT2D eigenvalue weighted by molar-refractivity contribution is -0.131. The zero-order valence-corrected chi connectivity index (χ0v) is 14.1. The minimum atomic E-state index is -0.451. The normalized spacial score (nSPS) is 20.0. The monoisotopic (exact) mass is 342 g/mol. The van der Waals surface area contributed by atoms with Crippen molar-refractivity contribution < 1.29 is 18.7 Å². The molecule has 2 amide bonds. The van der Waals surface area contributed by atoms with E-state index >= 15 is 0 Å². The number of nitrogens with one attached hydrogen (secondary N) is 2. The standard InChI is InChI=1S/C19H22N2O4/c22-18(21-15-5-3-9-20-19(15)23)11-24-12-7-8-17-14(10-12)13-4-1-2-6-16(13)25-17/h7-8,10,15H,1-6,9,11H2,(H,20,23)(H,21,22)/t15-/m0/s1. The fourth-order valence-corrected chi connectivity index (χ4v) is 3.63. The Hall–Kier alpha value is -2.50. The number of ether oxygens (including phenoxy) is 1. The summed E-state index contributed by atoms with van der Waals surface area (Å²) in [5.74, 6) is 1.33. The van der Waals surface area contributed by atoms with E-state index in [-0.39, 0.29) is 18.4 Å². The first-order valence-corrected chi connectivity index (χ1v) is 8.95. The Morgan fingerprint density at radius 1 is 1.28 bits per heavy atom. The number of benzene rings is 1. The zero-order chi connectivity index (χ0) is 17.2. The number of carbonyl (C=O) groups is 2. The molecule has 2 heterocycles. The number of piperidine rings is 1. The summed E-state index contributed by atoms with van der Waals surface area (Å²) in [4.78, 5) is 23.7. The first-order chi connectivity index (χ1) is 12.2. The van der Waals surface area contributed by atoms with Crippen molar-refractivity contribution in [2.24, 2.45) is 0 Å². The topological polar surface area (TPSA) is 80.6 Å². The predicted octanol–water partition coefficient (Wildman–Crippen LogP) is 2.09. The third-order valence-electron chi connectivity index (χ3n) is 4.92. The summed E-state index contributed by atoms with van der Waals surface area (Å²) in [7, 11) is 0. The van der Waals surface area contributed by atoms with Crippen LogP contribution in [0.5, 0.6) is 5.75 Å². The van der Waals surface area contributed by atoms with Crippen LogP contribution in [0.3, 0.4) is 0 Å². The minimum absolute atomic E-state index is 0.102. The van der Waals surface area contributed by atoms with Gasteiger partial charge in [-0.2, -0.15) is 0 Å². The maximum Gasteiger partial charge on any atom is 0.258 e. The molecule has 1 atom stereocenters. The summed E-state index contributed by atoms with van der Waals surface area (Å²) in [5, 5.41) is 6.56. The molecule has 132 valence electrons. The first-order valence-electron chi connectivity index (χ1n) is 8.95. The van der Waals surface area contributed by atoms with Crippen molar-refractivity contribution in [1.82, 2.24) is 10.6 Å². The van der Waals surface area contributed by atoms with E-state index in [1.54, 1.807) is 0 Å². The Morgan fingerprint density at radius 3 is 3.04 bits per heavy atom. The van der Waals surface area contributed by atoms with Gasteiger partial charge in [0, 0.05) is 23.9 Å². The SMILES string of the molecule is O=C(COc1ccc2oc3c(c2c1)CCCC3)N[C@H]1CCCNC1=O. The average molecular weight is 342 g/mol. The molecule has 1 aliphatic heterocycles. The molecular formula is C19H22N2O4. The molecule has 2 N–H and O–H groups in total. The number of carbonyl (C=O) groups excluding carboxylic acids is 2. The van der Waals surface area contributed by atoms with E-state index in [9.17, 15) is 9.59 Å². The van der Waals surface area contributed by atoms with Gasteiger partial charge < -0.3 is 19.8 Å². The highest BCUT2D eigenvalue weighted by Crippen LogP contribution is 2.33. The van der Waals surface area contributed by atoms with Gasteiger partial charge >= 0.3 is 0 Å². The van der Waals surface area contributed by atoms with E-state index in [0.29, 0.717) is 18.7 Å². The van der Waals surface area contributed by atoms with Crippen molar-refractivity contribution in [2.45, 2.75) is 44.6 Å². The van der Waals surface area contributed by atoms with Crippen molar-refractivity contribution >= 4 is 22.8 Å². The van der Waals surface area contributed by atoms with Gasteiger partial charge in [-0.05, 0) is 50.3 Å². The zero-order valence-electron chi connectivity index (χ0n) is 14.1. The van der Waals surface area contributed by atoms with Crippen LogP contribution in [0.1, 0.15) is 37.0 Å². The fourth-order valence-electron chi connectivity index (χ4n) is 3.63. The molecule has 2 aliphatic rings. The molecule has 6 nitrogen and oxygen atoms in total. The van der Waals surface area contributed by atoms with Crippen molar-refractivity contribution in [2.75, 3.05) is 13.2 Å².